The van der Waals surface area contributed by atoms with Crippen molar-refractivity contribution in [3.05, 3.63) is 18.5 Å². The Morgan fingerprint density at radius 3 is 2.30 bits per heavy atom. The molecule has 1 aromatic heterocycles. The van der Waals surface area contributed by atoms with Crippen molar-refractivity contribution in [3.63, 3.8) is 0 Å². The first-order valence-electron chi connectivity index (χ1n) is 7.84. The van der Waals surface area contributed by atoms with E-state index in [1.165, 1.54) is 45.2 Å². The van der Waals surface area contributed by atoms with Gasteiger partial charge >= 0.3 is 0 Å². The number of piperazine rings is 1. The van der Waals surface area contributed by atoms with Crippen LogP contribution in [0.2, 0.25) is 0 Å². The van der Waals surface area contributed by atoms with E-state index in [0.717, 1.165) is 25.1 Å². The third-order valence-corrected chi connectivity index (χ3v) is 4.65. The fourth-order valence-corrected chi connectivity index (χ4v) is 3.41. The molecule has 1 saturated heterocycles. The molecule has 1 aromatic rings. The Morgan fingerprint density at radius 1 is 1.00 bits per heavy atom. The lowest BCUT2D eigenvalue weighted by Gasteiger charge is -2.43. The molecule has 2 fully saturated rings. The van der Waals surface area contributed by atoms with Crippen molar-refractivity contribution in [2.45, 2.75) is 38.1 Å². The van der Waals surface area contributed by atoms with Crippen molar-refractivity contribution < 1.29 is 0 Å². The predicted octanol–water partition coefficient (Wildman–Crippen LogP) is 1.78. The van der Waals surface area contributed by atoms with E-state index in [9.17, 15) is 0 Å². The van der Waals surface area contributed by atoms with Crippen LogP contribution in [0.25, 0.3) is 0 Å². The van der Waals surface area contributed by atoms with Gasteiger partial charge in [0.05, 0.1) is 0 Å². The summed E-state index contributed by atoms with van der Waals surface area (Å²) in [6, 6.07) is 2.70. The molecule has 110 valence electrons. The van der Waals surface area contributed by atoms with Crippen LogP contribution in [0.1, 0.15) is 32.1 Å². The molecule has 1 aliphatic heterocycles. The van der Waals surface area contributed by atoms with Crippen LogP contribution in [0.3, 0.4) is 0 Å². The van der Waals surface area contributed by atoms with Gasteiger partial charge in [-0.1, -0.05) is 19.3 Å². The lowest BCUT2D eigenvalue weighted by atomic mass is 9.94. The van der Waals surface area contributed by atoms with Crippen LogP contribution >= 0.6 is 0 Å². The van der Waals surface area contributed by atoms with E-state index in [-0.39, 0.29) is 0 Å². The summed E-state index contributed by atoms with van der Waals surface area (Å²) >= 11 is 0. The van der Waals surface area contributed by atoms with E-state index in [4.69, 9.17) is 0 Å². The van der Waals surface area contributed by atoms with Gasteiger partial charge in [-0.15, -0.1) is 0 Å². The summed E-state index contributed by atoms with van der Waals surface area (Å²) < 4.78 is 0. The van der Waals surface area contributed by atoms with Crippen molar-refractivity contribution in [1.82, 2.24) is 19.9 Å². The topological polar surface area (TPSA) is 35.5 Å². The first-order valence-corrected chi connectivity index (χ1v) is 7.84. The molecule has 0 bridgehead atoms. The third kappa shape index (κ3) is 3.10. The molecule has 2 heterocycles. The molecule has 5 heteroatoms. The van der Waals surface area contributed by atoms with Crippen LogP contribution in [0, 0.1) is 0 Å². The molecular formula is C15H25N5. The van der Waals surface area contributed by atoms with Crippen molar-refractivity contribution >= 4 is 5.95 Å². The van der Waals surface area contributed by atoms with E-state index in [1.54, 1.807) is 12.4 Å². The van der Waals surface area contributed by atoms with Crippen LogP contribution in [0.5, 0.6) is 0 Å². The molecule has 0 radical (unpaired) electrons. The van der Waals surface area contributed by atoms with Gasteiger partial charge < -0.3 is 0 Å². The Balaban J connectivity index is 1.53. The Labute approximate surface area is 121 Å². The fourth-order valence-electron chi connectivity index (χ4n) is 3.41. The monoisotopic (exact) mass is 275 g/mol. The normalized spacial score (nSPS) is 22.9. The molecule has 1 saturated carbocycles. The van der Waals surface area contributed by atoms with E-state index in [2.05, 4.69) is 31.9 Å². The van der Waals surface area contributed by atoms with Gasteiger partial charge in [0, 0.05) is 51.7 Å². The molecule has 0 spiro atoms. The maximum absolute atomic E-state index is 4.32. The van der Waals surface area contributed by atoms with Crippen LogP contribution in [0.4, 0.5) is 5.95 Å². The number of aromatic nitrogens is 2. The first kappa shape index (κ1) is 13.8. The summed E-state index contributed by atoms with van der Waals surface area (Å²) in [6.45, 7) is 4.49. The minimum absolute atomic E-state index is 0.790. The van der Waals surface area contributed by atoms with E-state index in [1.807, 2.05) is 6.07 Å². The number of rotatable bonds is 3. The minimum Gasteiger partial charge on any atom is -0.298 e. The van der Waals surface area contributed by atoms with Gasteiger partial charge in [0.2, 0.25) is 5.95 Å². The predicted molar refractivity (Wildman–Crippen MR) is 80.5 cm³/mol. The Bertz CT molecular complexity index is 396. The smallest absolute Gasteiger partial charge is 0.239 e. The summed E-state index contributed by atoms with van der Waals surface area (Å²) in [6.07, 6.45) is 10.7. The number of hydrazine groups is 1. The molecule has 0 unspecified atom stereocenters. The molecule has 0 amide bonds. The standard InChI is InChI=1S/C15H25N5/c1-18(15-16-8-5-9-17-15)20-12-10-19(11-13-20)14-6-3-2-4-7-14/h5,8-9,14H,2-4,6-7,10-13H2,1H3. The van der Waals surface area contributed by atoms with Gasteiger partial charge in [-0.05, 0) is 18.9 Å². The zero-order valence-corrected chi connectivity index (χ0v) is 12.4. The van der Waals surface area contributed by atoms with E-state index < -0.39 is 0 Å². The molecule has 5 nitrogen and oxygen atoms in total. The van der Waals surface area contributed by atoms with Crippen molar-refractivity contribution in [1.29, 1.82) is 0 Å². The summed E-state index contributed by atoms with van der Waals surface area (Å²) in [5.74, 6) is 0.790. The lowest BCUT2D eigenvalue weighted by Crippen LogP contribution is -2.55. The summed E-state index contributed by atoms with van der Waals surface area (Å²) in [7, 11) is 2.06. The lowest BCUT2D eigenvalue weighted by molar-refractivity contribution is 0.0750. The molecule has 3 rings (SSSR count). The highest BCUT2D eigenvalue weighted by Crippen LogP contribution is 2.23. The van der Waals surface area contributed by atoms with Gasteiger partial charge in [0.15, 0.2) is 0 Å². The van der Waals surface area contributed by atoms with Gasteiger partial charge in [0.25, 0.3) is 0 Å². The molecule has 0 aromatic carbocycles. The summed E-state index contributed by atoms with van der Waals surface area (Å²) in [5, 5.41) is 4.45. The van der Waals surface area contributed by atoms with Gasteiger partial charge in [-0.25, -0.2) is 15.0 Å². The molecule has 0 N–H and O–H groups in total. The Morgan fingerprint density at radius 2 is 1.65 bits per heavy atom. The van der Waals surface area contributed by atoms with Crippen molar-refractivity contribution in [3.8, 4) is 0 Å². The zero-order valence-electron chi connectivity index (χ0n) is 12.4. The molecule has 1 aliphatic carbocycles. The SMILES string of the molecule is CN(c1ncccn1)N1CCN(C2CCCCC2)CC1. The highest BCUT2D eigenvalue weighted by Gasteiger charge is 2.26. The first-order chi connectivity index (χ1) is 9.84. The highest BCUT2D eigenvalue weighted by atomic mass is 15.7. The molecular weight excluding hydrogens is 250 g/mol. The highest BCUT2D eigenvalue weighted by molar-refractivity contribution is 5.24. The fraction of sp³-hybridized carbons (Fsp3) is 0.733. The average Bonchev–Trinajstić information content (AvgIpc) is 2.56. The quantitative estimate of drug-likeness (QED) is 0.840. The minimum atomic E-state index is 0.790. The molecule has 20 heavy (non-hydrogen) atoms. The van der Waals surface area contributed by atoms with Gasteiger partial charge in [-0.3, -0.25) is 9.91 Å². The number of nitrogens with zero attached hydrogens (tertiary/aromatic N) is 5. The largest absolute Gasteiger partial charge is 0.298 e. The van der Waals surface area contributed by atoms with Gasteiger partial charge in [0.1, 0.15) is 0 Å². The second-order valence-corrected chi connectivity index (χ2v) is 5.85. The van der Waals surface area contributed by atoms with Crippen LogP contribution in [-0.2, 0) is 0 Å². The van der Waals surface area contributed by atoms with Gasteiger partial charge in [-0.2, -0.15) is 0 Å². The Kier molecular flexibility index (Phi) is 4.47. The maximum atomic E-state index is 4.32. The van der Waals surface area contributed by atoms with Crippen molar-refractivity contribution in [2.75, 3.05) is 38.2 Å². The number of hydrogen-bond acceptors (Lipinski definition) is 5. The summed E-state index contributed by atoms with van der Waals surface area (Å²) in [4.78, 5) is 11.3. The second kappa shape index (κ2) is 6.50. The molecule has 0 atom stereocenters. The summed E-state index contributed by atoms with van der Waals surface area (Å²) in [5.41, 5.74) is 0. The maximum Gasteiger partial charge on any atom is 0.239 e. The third-order valence-electron chi connectivity index (χ3n) is 4.65. The van der Waals surface area contributed by atoms with Crippen LogP contribution in [0.15, 0.2) is 18.5 Å². The zero-order chi connectivity index (χ0) is 13.8. The van der Waals surface area contributed by atoms with Crippen LogP contribution < -0.4 is 5.01 Å². The van der Waals surface area contributed by atoms with E-state index in [0.29, 0.717) is 0 Å². The Hall–Kier alpha value is -1.20. The van der Waals surface area contributed by atoms with Crippen molar-refractivity contribution in [2.24, 2.45) is 0 Å². The number of hydrogen-bond donors (Lipinski definition) is 0. The van der Waals surface area contributed by atoms with Crippen LogP contribution in [-0.4, -0.2) is 59.1 Å². The number of anilines is 1. The second-order valence-electron chi connectivity index (χ2n) is 5.85. The van der Waals surface area contributed by atoms with E-state index >= 15 is 0 Å². The molecule has 2 aliphatic rings. The average molecular weight is 275 g/mol.